The first-order valence-corrected chi connectivity index (χ1v) is 11.1. The molecule has 0 amide bonds. The summed E-state index contributed by atoms with van der Waals surface area (Å²) in [5.41, 5.74) is 11.2. The second-order valence-corrected chi connectivity index (χ2v) is 8.78. The number of fused-ring (bicyclic) bond motifs is 3. The number of nitrogens with zero attached hydrogens (tertiary/aromatic N) is 4. The van der Waals surface area contributed by atoms with Gasteiger partial charge >= 0.3 is 0 Å². The molecule has 0 unspecified atom stereocenters. The van der Waals surface area contributed by atoms with Gasteiger partial charge in [-0.15, -0.1) is 0 Å². The van der Waals surface area contributed by atoms with Crippen LogP contribution in [-0.4, -0.2) is 48.0 Å². The molecule has 164 valence electrons. The predicted octanol–water partition coefficient (Wildman–Crippen LogP) is 2.30. The van der Waals surface area contributed by atoms with Gasteiger partial charge in [0.25, 0.3) is 0 Å². The first-order valence-electron chi connectivity index (χ1n) is 11.1. The zero-order valence-corrected chi connectivity index (χ0v) is 17.6. The van der Waals surface area contributed by atoms with Gasteiger partial charge in [0, 0.05) is 17.3 Å². The maximum absolute atomic E-state index is 10.7. The zero-order chi connectivity index (χ0) is 21.8. The van der Waals surface area contributed by atoms with Crippen LogP contribution in [0.5, 0.6) is 0 Å². The lowest BCUT2D eigenvalue weighted by Gasteiger charge is -2.17. The Morgan fingerprint density at radius 3 is 2.91 bits per heavy atom. The number of benzene rings is 1. The molecular weight excluding hydrogens is 406 g/mol. The van der Waals surface area contributed by atoms with Gasteiger partial charge in [0.05, 0.1) is 17.0 Å². The summed E-state index contributed by atoms with van der Waals surface area (Å²) in [6.45, 7) is 0. The van der Waals surface area contributed by atoms with E-state index in [0.29, 0.717) is 23.3 Å². The van der Waals surface area contributed by atoms with Gasteiger partial charge in [-0.3, -0.25) is 4.98 Å². The maximum atomic E-state index is 10.7. The Morgan fingerprint density at radius 2 is 2.00 bits per heavy atom. The topological polar surface area (TPSA) is 119 Å². The Bertz CT molecular complexity index is 1320. The average Bonchev–Trinajstić information content (AvgIpc) is 3.50. The molecule has 8 nitrogen and oxygen atoms in total. The van der Waals surface area contributed by atoms with Crippen molar-refractivity contribution in [2.24, 2.45) is 0 Å². The molecule has 6 rings (SSSR count). The summed E-state index contributed by atoms with van der Waals surface area (Å²) >= 11 is 0. The Kier molecular flexibility index (Phi) is 4.60. The molecule has 0 spiro atoms. The molecule has 1 fully saturated rings. The molecule has 4 heterocycles. The number of anilines is 1. The molecule has 1 aliphatic heterocycles. The van der Waals surface area contributed by atoms with Gasteiger partial charge < -0.3 is 25.3 Å². The fourth-order valence-electron chi connectivity index (χ4n) is 5.03. The Labute approximate surface area is 184 Å². The number of pyridine rings is 1. The summed E-state index contributed by atoms with van der Waals surface area (Å²) < 4.78 is 7.80. The van der Waals surface area contributed by atoms with Crippen LogP contribution in [0.1, 0.15) is 35.9 Å². The normalized spacial score (nSPS) is 25.1. The lowest BCUT2D eigenvalue weighted by Crippen LogP contribution is -2.31. The van der Waals surface area contributed by atoms with Crippen LogP contribution in [0.2, 0.25) is 0 Å². The molecule has 8 heteroatoms. The number of aromatic nitrogens is 4. The quantitative estimate of drug-likeness (QED) is 0.454. The van der Waals surface area contributed by atoms with E-state index >= 15 is 0 Å². The highest BCUT2D eigenvalue weighted by molar-refractivity contribution is 5.86. The van der Waals surface area contributed by atoms with Crippen LogP contribution in [0, 0.1) is 0 Å². The van der Waals surface area contributed by atoms with Gasteiger partial charge in [0.2, 0.25) is 0 Å². The van der Waals surface area contributed by atoms with Crippen LogP contribution in [-0.2, 0) is 24.0 Å². The molecule has 0 radical (unpaired) electrons. The van der Waals surface area contributed by atoms with Crippen LogP contribution in [0.4, 0.5) is 5.82 Å². The van der Waals surface area contributed by atoms with E-state index in [0.717, 1.165) is 30.3 Å². The second-order valence-electron chi connectivity index (χ2n) is 8.78. The van der Waals surface area contributed by atoms with Crippen LogP contribution >= 0.6 is 0 Å². The van der Waals surface area contributed by atoms with E-state index in [-0.39, 0.29) is 0 Å². The first kappa shape index (κ1) is 19.6. The molecule has 2 aliphatic rings. The minimum absolute atomic E-state index is 0.369. The summed E-state index contributed by atoms with van der Waals surface area (Å²) in [4.78, 5) is 13.1. The van der Waals surface area contributed by atoms with Crippen molar-refractivity contribution in [1.82, 2.24) is 19.5 Å². The monoisotopic (exact) mass is 431 g/mol. The summed E-state index contributed by atoms with van der Waals surface area (Å²) in [6.07, 6.45) is 4.53. The summed E-state index contributed by atoms with van der Waals surface area (Å²) in [7, 11) is 0. The van der Waals surface area contributed by atoms with E-state index in [1.807, 2.05) is 0 Å². The van der Waals surface area contributed by atoms with E-state index in [9.17, 15) is 10.2 Å². The highest BCUT2D eigenvalue weighted by Crippen LogP contribution is 2.34. The molecular formula is C24H25N5O3. The second kappa shape index (κ2) is 7.51. The van der Waals surface area contributed by atoms with Crippen LogP contribution in [0.3, 0.4) is 0 Å². The lowest BCUT2D eigenvalue weighted by molar-refractivity contribution is -0.0364. The molecule has 1 saturated heterocycles. The third-order valence-electron chi connectivity index (χ3n) is 6.78. The molecule has 32 heavy (non-hydrogen) atoms. The third-order valence-corrected chi connectivity index (χ3v) is 6.78. The standard InChI is InChI=1S/C24H25N5O3/c25-22-16-8-9-29(23(16)27-12-26-22)24-21(31)20(30)19(32-24)7-5-13-4-6-15-11-14-2-1-3-17(14)28-18(15)10-13/h4,6,8-12,19-21,24,30-31H,1-3,5,7H2,(H2,25,26,27)/t19-,20-,21-,24-/m1/s1. The number of ether oxygens (including phenoxy) is 1. The van der Waals surface area contributed by atoms with Gasteiger partial charge in [-0.25, -0.2) is 9.97 Å². The van der Waals surface area contributed by atoms with Crippen molar-refractivity contribution < 1.29 is 14.9 Å². The molecule has 1 aliphatic carbocycles. The fraction of sp³-hybridized carbons (Fsp3) is 0.375. The van der Waals surface area contributed by atoms with Crippen molar-refractivity contribution >= 4 is 27.8 Å². The van der Waals surface area contributed by atoms with E-state index in [1.54, 1.807) is 16.8 Å². The van der Waals surface area contributed by atoms with Gasteiger partial charge in [0.15, 0.2) is 6.23 Å². The number of aliphatic hydroxyl groups excluding tert-OH is 2. The molecule has 0 bridgehead atoms. The van der Waals surface area contributed by atoms with Gasteiger partial charge in [0.1, 0.15) is 30.0 Å². The number of hydrogen-bond acceptors (Lipinski definition) is 7. The Morgan fingerprint density at radius 1 is 1.09 bits per heavy atom. The number of hydrogen-bond donors (Lipinski definition) is 3. The molecule has 0 saturated carbocycles. The smallest absolute Gasteiger partial charge is 0.164 e. The Hall–Kier alpha value is -3.07. The Balaban J connectivity index is 1.20. The van der Waals surface area contributed by atoms with Crippen LogP contribution in [0.15, 0.2) is 42.9 Å². The maximum Gasteiger partial charge on any atom is 0.164 e. The van der Waals surface area contributed by atoms with Gasteiger partial charge in [-0.05, 0) is 61.4 Å². The van der Waals surface area contributed by atoms with Crippen molar-refractivity contribution in [2.75, 3.05) is 5.73 Å². The largest absolute Gasteiger partial charge is 0.388 e. The number of aliphatic hydroxyl groups is 2. The number of nitrogens with two attached hydrogens (primary N) is 1. The van der Waals surface area contributed by atoms with E-state index in [1.165, 1.54) is 29.4 Å². The summed E-state index contributed by atoms with van der Waals surface area (Å²) in [6, 6.07) is 10.4. The zero-order valence-electron chi connectivity index (χ0n) is 17.6. The fourth-order valence-corrected chi connectivity index (χ4v) is 5.03. The van der Waals surface area contributed by atoms with Crippen molar-refractivity contribution in [2.45, 2.75) is 56.6 Å². The molecule has 3 aromatic heterocycles. The minimum atomic E-state index is -1.06. The summed E-state index contributed by atoms with van der Waals surface area (Å²) in [5, 5.41) is 23.2. The lowest BCUT2D eigenvalue weighted by atomic mass is 10.0. The number of nitrogen functional groups attached to an aromatic ring is 1. The van der Waals surface area contributed by atoms with Crippen molar-refractivity contribution in [1.29, 1.82) is 0 Å². The van der Waals surface area contributed by atoms with Crippen LogP contribution in [0.25, 0.3) is 21.9 Å². The third kappa shape index (κ3) is 3.14. The van der Waals surface area contributed by atoms with Gasteiger partial charge in [-0.1, -0.05) is 12.1 Å². The van der Waals surface area contributed by atoms with Crippen LogP contribution < -0.4 is 5.73 Å². The highest BCUT2D eigenvalue weighted by atomic mass is 16.6. The van der Waals surface area contributed by atoms with E-state index < -0.39 is 24.5 Å². The molecule has 4 atom stereocenters. The molecule has 1 aromatic carbocycles. The first-order chi connectivity index (χ1) is 15.6. The minimum Gasteiger partial charge on any atom is -0.388 e. The van der Waals surface area contributed by atoms with E-state index in [4.69, 9.17) is 15.5 Å². The van der Waals surface area contributed by atoms with Gasteiger partial charge in [-0.2, -0.15) is 0 Å². The number of rotatable bonds is 4. The summed E-state index contributed by atoms with van der Waals surface area (Å²) in [5.74, 6) is 0.369. The van der Waals surface area contributed by atoms with Crippen molar-refractivity contribution in [3.05, 3.63) is 59.7 Å². The predicted molar refractivity (Wildman–Crippen MR) is 120 cm³/mol. The van der Waals surface area contributed by atoms with Crippen molar-refractivity contribution in [3.8, 4) is 0 Å². The number of aryl methyl sites for hydroxylation is 3. The van der Waals surface area contributed by atoms with Crippen molar-refractivity contribution in [3.63, 3.8) is 0 Å². The molecule has 4 N–H and O–H groups in total. The average molecular weight is 431 g/mol. The highest BCUT2D eigenvalue weighted by Gasteiger charge is 2.43. The van der Waals surface area contributed by atoms with E-state index in [2.05, 4.69) is 34.2 Å². The molecule has 4 aromatic rings. The SMILES string of the molecule is Nc1ncnc2c1ccn2[C@@H]1O[C@H](CCc2ccc3cc4c(nc3c2)CCC4)[C@@H](O)[C@H]1O.